The van der Waals surface area contributed by atoms with Gasteiger partial charge in [-0.25, -0.2) is 0 Å². The number of anilines is 3. The Balaban J connectivity index is 0.951. The monoisotopic (exact) mass is 929 g/mol. The summed E-state index contributed by atoms with van der Waals surface area (Å²) in [5, 5.41) is 4.72. The fourth-order valence-corrected chi connectivity index (χ4v) is 12.0. The molecule has 14 rings (SSSR count). The second kappa shape index (κ2) is 17.4. The van der Waals surface area contributed by atoms with Crippen LogP contribution in [0.1, 0.15) is 22.3 Å². The van der Waals surface area contributed by atoms with Crippen molar-refractivity contribution in [1.29, 1.82) is 0 Å². The molecule has 1 aliphatic carbocycles. The summed E-state index contributed by atoms with van der Waals surface area (Å²) < 4.78 is 6.54. The quantitative estimate of drug-likeness (QED) is 0.143. The van der Waals surface area contributed by atoms with E-state index in [1.54, 1.807) is 0 Å². The lowest BCUT2D eigenvalue weighted by Crippen LogP contribution is -2.28. The van der Waals surface area contributed by atoms with Crippen LogP contribution in [0.3, 0.4) is 0 Å². The number of furan rings is 1. The Labute approximate surface area is 425 Å². The molecule has 1 aromatic heterocycles. The molecule has 13 aromatic rings. The van der Waals surface area contributed by atoms with E-state index in [0.29, 0.717) is 0 Å². The highest BCUT2D eigenvalue weighted by atomic mass is 16.3. The van der Waals surface area contributed by atoms with Crippen molar-refractivity contribution in [2.24, 2.45) is 0 Å². The van der Waals surface area contributed by atoms with Gasteiger partial charge in [0.2, 0.25) is 0 Å². The molecule has 0 unspecified atom stereocenters. The minimum Gasteiger partial charge on any atom is -0.455 e. The van der Waals surface area contributed by atoms with Crippen molar-refractivity contribution in [2.45, 2.75) is 5.41 Å². The van der Waals surface area contributed by atoms with Gasteiger partial charge in [0.1, 0.15) is 11.2 Å². The van der Waals surface area contributed by atoms with Gasteiger partial charge in [-0.05, 0) is 114 Å². The number of benzene rings is 12. The van der Waals surface area contributed by atoms with E-state index in [2.05, 4.69) is 284 Å². The predicted molar refractivity (Wildman–Crippen MR) is 305 cm³/mol. The maximum atomic E-state index is 6.54. The molecule has 342 valence electrons. The van der Waals surface area contributed by atoms with Crippen molar-refractivity contribution in [3.8, 4) is 55.6 Å². The van der Waals surface area contributed by atoms with Crippen LogP contribution in [0.2, 0.25) is 0 Å². The smallest absolute Gasteiger partial charge is 0.143 e. The van der Waals surface area contributed by atoms with Crippen LogP contribution in [-0.2, 0) is 5.41 Å². The molecule has 0 radical (unpaired) electrons. The molecule has 1 heterocycles. The summed E-state index contributed by atoms with van der Waals surface area (Å²) in [4.78, 5) is 2.43. The summed E-state index contributed by atoms with van der Waals surface area (Å²) in [5.41, 5.74) is 21.4. The van der Waals surface area contributed by atoms with Gasteiger partial charge in [0.05, 0.1) is 11.1 Å². The van der Waals surface area contributed by atoms with Gasteiger partial charge in [-0.1, -0.05) is 249 Å². The molecular formula is C71H47NO. The SMILES string of the molecule is c1ccc(-c2ccc(-c3ccc(N(c4ccc(-c5cccc6c5oc5ccccc56)cc4)c4ccccc4-c4cccc5c4-c4ccccc4C5(c4ccccc4)c4ccccc4)cc3)c3ccccc23)cc1. The second-order valence-corrected chi connectivity index (χ2v) is 19.1. The van der Waals surface area contributed by atoms with Gasteiger partial charge in [0, 0.05) is 33.3 Å². The van der Waals surface area contributed by atoms with Crippen LogP contribution in [0, 0.1) is 0 Å². The molecule has 0 spiro atoms. The lowest BCUT2D eigenvalue weighted by Gasteiger charge is -2.34. The summed E-state index contributed by atoms with van der Waals surface area (Å²) in [6.45, 7) is 0. The van der Waals surface area contributed by atoms with E-state index in [-0.39, 0.29) is 0 Å². The Morgan fingerprint density at radius 3 is 1.38 bits per heavy atom. The third-order valence-corrected chi connectivity index (χ3v) is 15.2. The normalized spacial score (nSPS) is 12.5. The van der Waals surface area contributed by atoms with Crippen LogP contribution >= 0.6 is 0 Å². The highest BCUT2D eigenvalue weighted by molar-refractivity contribution is 6.10. The van der Waals surface area contributed by atoms with Crippen molar-refractivity contribution in [3.63, 3.8) is 0 Å². The van der Waals surface area contributed by atoms with Crippen molar-refractivity contribution in [3.05, 3.63) is 307 Å². The van der Waals surface area contributed by atoms with Crippen molar-refractivity contribution < 1.29 is 4.42 Å². The molecule has 12 aromatic carbocycles. The maximum Gasteiger partial charge on any atom is 0.143 e. The Bertz CT molecular complexity index is 4130. The third kappa shape index (κ3) is 6.79. The van der Waals surface area contributed by atoms with Crippen molar-refractivity contribution >= 4 is 49.8 Å². The van der Waals surface area contributed by atoms with Gasteiger partial charge in [-0.15, -0.1) is 0 Å². The molecule has 2 nitrogen and oxygen atoms in total. The number of hydrogen-bond acceptors (Lipinski definition) is 2. The van der Waals surface area contributed by atoms with Crippen molar-refractivity contribution in [2.75, 3.05) is 4.90 Å². The van der Waals surface area contributed by atoms with E-state index < -0.39 is 5.41 Å². The van der Waals surface area contributed by atoms with Crippen LogP contribution in [0.4, 0.5) is 17.1 Å². The second-order valence-electron chi connectivity index (χ2n) is 19.1. The molecule has 2 heteroatoms. The molecule has 0 saturated carbocycles. The average Bonchev–Trinajstić information content (AvgIpc) is 4.06. The lowest BCUT2D eigenvalue weighted by atomic mass is 9.67. The van der Waals surface area contributed by atoms with Gasteiger partial charge in [-0.3, -0.25) is 0 Å². The Morgan fingerprint density at radius 1 is 0.274 bits per heavy atom. The van der Waals surface area contributed by atoms with E-state index in [9.17, 15) is 0 Å². The lowest BCUT2D eigenvalue weighted by molar-refractivity contribution is 0.670. The summed E-state index contributed by atoms with van der Waals surface area (Å²) in [7, 11) is 0. The standard InChI is InChI=1S/C71H47NO/c1-4-20-48(21-5-1)55-46-47-56(59-27-11-10-26-58(55)59)49-38-42-53(43-39-49)72(54-44-40-50(41-45-54)57-31-18-33-63-61-29-14-17-37-68(61)73-70(57)63)67-36-16-13-28-60(67)62-32-19-35-66-69(62)64-30-12-15-34-65(64)71(66,51-22-6-2-7-23-51)52-24-8-3-9-25-52/h1-47H. The zero-order valence-electron chi connectivity index (χ0n) is 40.0. The fraction of sp³-hybridized carbons (Fsp3) is 0.0141. The van der Waals surface area contributed by atoms with Crippen LogP contribution in [-0.4, -0.2) is 0 Å². The third-order valence-electron chi connectivity index (χ3n) is 15.2. The first kappa shape index (κ1) is 42.4. The summed E-state index contributed by atoms with van der Waals surface area (Å²) in [5.74, 6) is 0. The molecular weight excluding hydrogens is 883 g/mol. The summed E-state index contributed by atoms with van der Waals surface area (Å²) in [6.07, 6.45) is 0. The minimum absolute atomic E-state index is 0.517. The molecule has 0 aliphatic heterocycles. The van der Waals surface area contributed by atoms with Gasteiger partial charge in [0.25, 0.3) is 0 Å². The zero-order chi connectivity index (χ0) is 48.3. The molecule has 0 N–H and O–H groups in total. The fourth-order valence-electron chi connectivity index (χ4n) is 12.0. The molecule has 0 saturated heterocycles. The first-order chi connectivity index (χ1) is 36.2. The maximum absolute atomic E-state index is 6.54. The minimum atomic E-state index is -0.517. The number of nitrogens with zero attached hydrogens (tertiary/aromatic N) is 1. The molecule has 0 amide bonds. The Morgan fingerprint density at radius 2 is 0.726 bits per heavy atom. The molecule has 1 aliphatic rings. The van der Waals surface area contributed by atoms with Crippen molar-refractivity contribution in [1.82, 2.24) is 0 Å². The van der Waals surface area contributed by atoms with E-state index in [1.807, 2.05) is 6.07 Å². The van der Waals surface area contributed by atoms with Gasteiger partial charge in [0.15, 0.2) is 0 Å². The zero-order valence-corrected chi connectivity index (χ0v) is 40.0. The molecule has 0 atom stereocenters. The topological polar surface area (TPSA) is 16.4 Å². The van der Waals surface area contributed by atoms with Gasteiger partial charge in [-0.2, -0.15) is 0 Å². The largest absolute Gasteiger partial charge is 0.455 e. The number of para-hydroxylation sites is 3. The first-order valence-electron chi connectivity index (χ1n) is 25.2. The molecule has 0 fully saturated rings. The van der Waals surface area contributed by atoms with Crippen LogP contribution in [0.15, 0.2) is 290 Å². The van der Waals surface area contributed by atoms with Crippen LogP contribution in [0.5, 0.6) is 0 Å². The van der Waals surface area contributed by atoms with Gasteiger partial charge < -0.3 is 9.32 Å². The predicted octanol–water partition coefficient (Wildman–Crippen LogP) is 19.2. The number of hydrogen-bond donors (Lipinski definition) is 0. The van der Waals surface area contributed by atoms with Crippen LogP contribution in [0.25, 0.3) is 88.3 Å². The summed E-state index contributed by atoms with van der Waals surface area (Å²) in [6, 6.07) is 104. The average molecular weight is 930 g/mol. The van der Waals surface area contributed by atoms with E-state index in [4.69, 9.17) is 4.42 Å². The van der Waals surface area contributed by atoms with E-state index >= 15 is 0 Å². The highest BCUT2D eigenvalue weighted by Crippen LogP contribution is 2.59. The number of fused-ring (bicyclic) bond motifs is 7. The van der Waals surface area contributed by atoms with Gasteiger partial charge >= 0.3 is 0 Å². The molecule has 0 bridgehead atoms. The number of rotatable bonds is 9. The first-order valence-corrected chi connectivity index (χ1v) is 25.2. The van der Waals surface area contributed by atoms with Crippen LogP contribution < -0.4 is 4.90 Å². The van der Waals surface area contributed by atoms with E-state index in [0.717, 1.165) is 61.3 Å². The highest BCUT2D eigenvalue weighted by Gasteiger charge is 2.47. The molecule has 73 heavy (non-hydrogen) atoms. The Kier molecular flexibility index (Phi) is 10.1. The Hall–Kier alpha value is -9.50. The van der Waals surface area contributed by atoms with E-state index in [1.165, 1.54) is 66.4 Å². The summed E-state index contributed by atoms with van der Waals surface area (Å²) >= 11 is 0.